The maximum Gasteiger partial charge on any atom is 0.0464 e. The van der Waals surface area contributed by atoms with Crippen LogP contribution in [0.1, 0.15) is 25.0 Å². The number of anilines is 4. The molecule has 9 rings (SSSR count). The summed E-state index contributed by atoms with van der Waals surface area (Å²) in [6.07, 6.45) is 0. The fourth-order valence-corrected chi connectivity index (χ4v) is 7.88. The molecule has 244 valence electrons. The lowest BCUT2D eigenvalue weighted by molar-refractivity contribution is 0.660. The van der Waals surface area contributed by atoms with Crippen LogP contribution in [0.3, 0.4) is 0 Å². The van der Waals surface area contributed by atoms with Gasteiger partial charge in [-0.1, -0.05) is 153 Å². The fraction of sp³-hybridized carbons (Fsp3) is 0.0612. The van der Waals surface area contributed by atoms with E-state index in [1.54, 1.807) is 0 Å². The van der Waals surface area contributed by atoms with E-state index in [4.69, 9.17) is 0 Å². The first kappa shape index (κ1) is 30.7. The Balaban J connectivity index is 1.23. The van der Waals surface area contributed by atoms with Crippen LogP contribution in [0.15, 0.2) is 182 Å². The van der Waals surface area contributed by atoms with Crippen LogP contribution in [0.5, 0.6) is 0 Å². The number of hydrogen-bond donors (Lipinski definition) is 2. The topological polar surface area (TPSA) is 24.1 Å². The molecular weight excluding hydrogens is 617 g/mol. The number of fused-ring (bicyclic) bond motifs is 4. The van der Waals surface area contributed by atoms with E-state index in [9.17, 15) is 0 Å². The van der Waals surface area contributed by atoms with E-state index in [-0.39, 0.29) is 5.41 Å². The molecule has 0 fully saturated rings. The summed E-state index contributed by atoms with van der Waals surface area (Å²) in [5.41, 5.74) is 16.7. The molecule has 8 aromatic rings. The lowest BCUT2D eigenvalue weighted by atomic mass is 9.82. The lowest BCUT2D eigenvalue weighted by Gasteiger charge is -2.22. The van der Waals surface area contributed by atoms with Gasteiger partial charge in [-0.05, 0) is 92.4 Å². The zero-order chi connectivity index (χ0) is 34.4. The third-order valence-corrected chi connectivity index (χ3v) is 10.5. The van der Waals surface area contributed by atoms with E-state index >= 15 is 0 Å². The van der Waals surface area contributed by atoms with Crippen molar-refractivity contribution in [3.8, 4) is 44.5 Å². The molecule has 0 saturated carbocycles. The predicted molar refractivity (Wildman–Crippen MR) is 217 cm³/mol. The van der Waals surface area contributed by atoms with E-state index in [0.717, 1.165) is 28.3 Å². The van der Waals surface area contributed by atoms with Gasteiger partial charge in [0.15, 0.2) is 0 Å². The van der Waals surface area contributed by atoms with Gasteiger partial charge in [-0.25, -0.2) is 0 Å². The van der Waals surface area contributed by atoms with E-state index in [2.05, 4.69) is 200 Å². The summed E-state index contributed by atoms with van der Waals surface area (Å²) in [7, 11) is 0. The predicted octanol–water partition coefficient (Wildman–Crippen LogP) is 13.6. The standard InChI is InChI=1S/C49H38N2/c1-49(2)43-24-12-11-22-40(43)48-39(23-14-25-44(48)49)42-32-36(28-30-47(42)51-45-26-13-18-33-17-9-10-21-38(33)45)35-27-29-46(50-37-19-7-4-8-20-37)41(31-35)34-15-5-3-6-16-34/h3-32,50-51H,1-2H3. The summed E-state index contributed by atoms with van der Waals surface area (Å²) in [4.78, 5) is 0. The van der Waals surface area contributed by atoms with Crippen LogP contribution in [-0.4, -0.2) is 0 Å². The maximum absolute atomic E-state index is 3.89. The quantitative estimate of drug-likeness (QED) is 0.179. The van der Waals surface area contributed by atoms with E-state index in [0.29, 0.717) is 0 Å². The molecule has 1 aliphatic rings. The summed E-state index contributed by atoms with van der Waals surface area (Å²) in [5, 5.41) is 9.99. The number of benzene rings is 8. The summed E-state index contributed by atoms with van der Waals surface area (Å²) in [5.74, 6) is 0. The highest BCUT2D eigenvalue weighted by Gasteiger charge is 2.36. The van der Waals surface area contributed by atoms with Crippen molar-refractivity contribution < 1.29 is 0 Å². The Bertz CT molecular complexity index is 2540. The molecule has 1 aliphatic carbocycles. The Morgan fingerprint density at radius 2 is 0.961 bits per heavy atom. The molecule has 2 heteroatoms. The molecule has 2 N–H and O–H groups in total. The van der Waals surface area contributed by atoms with Gasteiger partial charge >= 0.3 is 0 Å². The Hall–Kier alpha value is -6.38. The first-order valence-corrected chi connectivity index (χ1v) is 17.7. The largest absolute Gasteiger partial charge is 0.355 e. The Kier molecular flexibility index (Phi) is 7.51. The Morgan fingerprint density at radius 1 is 0.373 bits per heavy atom. The summed E-state index contributed by atoms with van der Waals surface area (Å²) < 4.78 is 0. The monoisotopic (exact) mass is 654 g/mol. The van der Waals surface area contributed by atoms with Crippen LogP contribution < -0.4 is 10.6 Å². The highest BCUT2D eigenvalue weighted by Crippen LogP contribution is 2.53. The lowest BCUT2D eigenvalue weighted by Crippen LogP contribution is -2.14. The van der Waals surface area contributed by atoms with Gasteiger partial charge in [-0.2, -0.15) is 0 Å². The molecule has 0 aliphatic heterocycles. The van der Waals surface area contributed by atoms with E-state index < -0.39 is 0 Å². The molecular formula is C49H38N2. The zero-order valence-electron chi connectivity index (χ0n) is 28.8. The molecule has 2 nitrogen and oxygen atoms in total. The third kappa shape index (κ3) is 5.46. The van der Waals surface area contributed by atoms with E-state index in [1.807, 2.05) is 6.07 Å². The van der Waals surface area contributed by atoms with Crippen molar-refractivity contribution >= 4 is 33.5 Å². The second-order valence-corrected chi connectivity index (χ2v) is 13.9. The Morgan fingerprint density at radius 3 is 1.76 bits per heavy atom. The summed E-state index contributed by atoms with van der Waals surface area (Å²) >= 11 is 0. The maximum atomic E-state index is 3.89. The molecule has 0 heterocycles. The van der Waals surface area contributed by atoms with Crippen LogP contribution in [0.4, 0.5) is 22.7 Å². The number of rotatable bonds is 7. The van der Waals surface area contributed by atoms with Crippen LogP contribution in [0.25, 0.3) is 55.3 Å². The van der Waals surface area contributed by atoms with Gasteiger partial charge in [-0.3, -0.25) is 0 Å². The molecule has 0 spiro atoms. The first-order valence-electron chi connectivity index (χ1n) is 17.7. The molecule has 0 radical (unpaired) electrons. The van der Waals surface area contributed by atoms with Gasteiger partial charge in [-0.15, -0.1) is 0 Å². The highest BCUT2D eigenvalue weighted by atomic mass is 14.9. The summed E-state index contributed by atoms with van der Waals surface area (Å²) in [6.45, 7) is 4.70. The highest BCUT2D eigenvalue weighted by molar-refractivity contribution is 6.01. The Labute approximate surface area is 300 Å². The normalized spacial score (nSPS) is 12.7. The molecule has 0 saturated heterocycles. The summed E-state index contributed by atoms with van der Waals surface area (Å²) in [6, 6.07) is 65.5. The van der Waals surface area contributed by atoms with Gasteiger partial charge < -0.3 is 10.6 Å². The smallest absolute Gasteiger partial charge is 0.0464 e. The molecule has 8 aromatic carbocycles. The second kappa shape index (κ2) is 12.5. The van der Waals surface area contributed by atoms with Gasteiger partial charge in [0.2, 0.25) is 0 Å². The van der Waals surface area contributed by atoms with Gasteiger partial charge in [0.05, 0.1) is 0 Å². The zero-order valence-corrected chi connectivity index (χ0v) is 28.8. The molecule has 51 heavy (non-hydrogen) atoms. The van der Waals surface area contributed by atoms with Crippen molar-refractivity contribution in [1.82, 2.24) is 0 Å². The van der Waals surface area contributed by atoms with Crippen molar-refractivity contribution in [2.45, 2.75) is 19.3 Å². The molecule has 0 atom stereocenters. The average molecular weight is 655 g/mol. The van der Waals surface area contributed by atoms with Crippen molar-refractivity contribution in [2.24, 2.45) is 0 Å². The van der Waals surface area contributed by atoms with Crippen LogP contribution in [0, 0.1) is 0 Å². The van der Waals surface area contributed by atoms with Gasteiger partial charge in [0.1, 0.15) is 0 Å². The minimum Gasteiger partial charge on any atom is -0.355 e. The fourth-order valence-electron chi connectivity index (χ4n) is 7.88. The first-order chi connectivity index (χ1) is 25.0. The second-order valence-electron chi connectivity index (χ2n) is 13.9. The van der Waals surface area contributed by atoms with Crippen LogP contribution in [-0.2, 0) is 5.41 Å². The van der Waals surface area contributed by atoms with Gasteiger partial charge in [0.25, 0.3) is 0 Å². The van der Waals surface area contributed by atoms with Crippen molar-refractivity contribution in [3.05, 3.63) is 193 Å². The minimum absolute atomic E-state index is 0.0884. The molecule has 0 amide bonds. The third-order valence-electron chi connectivity index (χ3n) is 10.5. The number of hydrogen-bond acceptors (Lipinski definition) is 2. The van der Waals surface area contributed by atoms with Crippen LogP contribution >= 0.6 is 0 Å². The van der Waals surface area contributed by atoms with Crippen molar-refractivity contribution in [2.75, 3.05) is 10.6 Å². The number of nitrogens with one attached hydrogen (secondary N) is 2. The average Bonchev–Trinajstić information content (AvgIpc) is 3.42. The van der Waals surface area contributed by atoms with E-state index in [1.165, 1.54) is 60.8 Å². The molecule has 0 unspecified atom stereocenters. The van der Waals surface area contributed by atoms with Crippen LogP contribution in [0.2, 0.25) is 0 Å². The van der Waals surface area contributed by atoms with Gasteiger partial charge in [0, 0.05) is 44.7 Å². The number of para-hydroxylation sites is 1. The van der Waals surface area contributed by atoms with Crippen molar-refractivity contribution in [3.63, 3.8) is 0 Å². The minimum atomic E-state index is -0.0884. The molecule has 0 aromatic heterocycles. The molecule has 0 bridgehead atoms. The van der Waals surface area contributed by atoms with Crippen molar-refractivity contribution in [1.29, 1.82) is 0 Å². The SMILES string of the molecule is CC1(C)c2ccccc2-c2c(-c3cc(-c4ccc(Nc5ccccc5)c(-c5ccccc5)c4)ccc3Nc3cccc4ccccc34)cccc21.